The maximum Gasteiger partial charge on any atom is 0.254 e. The fraction of sp³-hybridized carbons (Fsp3) is 0.643. The van der Waals surface area contributed by atoms with Crippen LogP contribution in [0.4, 0.5) is 0 Å². The number of aliphatic hydroxyl groups is 1. The van der Waals surface area contributed by atoms with Crippen LogP contribution in [-0.2, 0) is 0 Å². The molecule has 0 fully saturated rings. The molecule has 0 aliphatic carbocycles. The Kier molecular flexibility index (Phi) is 5.42. The summed E-state index contributed by atoms with van der Waals surface area (Å²) >= 11 is 0. The van der Waals surface area contributed by atoms with Gasteiger partial charge < -0.3 is 10.4 Å². The average Bonchev–Trinajstić information content (AvgIpc) is 2.40. The first-order chi connectivity index (χ1) is 8.98. The van der Waals surface area contributed by atoms with Crippen LogP contribution in [0.2, 0.25) is 0 Å². The zero-order valence-electron chi connectivity index (χ0n) is 12.2. The molecule has 0 spiro atoms. The summed E-state index contributed by atoms with van der Waals surface area (Å²) in [5.74, 6) is 0.470. The smallest absolute Gasteiger partial charge is 0.254 e. The second-order valence-corrected chi connectivity index (χ2v) is 4.96. The highest BCUT2D eigenvalue weighted by Crippen LogP contribution is 2.24. The van der Waals surface area contributed by atoms with E-state index in [9.17, 15) is 9.90 Å². The third-order valence-electron chi connectivity index (χ3n) is 3.80. The molecule has 0 aliphatic heterocycles. The number of carbonyl (C=O) groups excluding carboxylic acids is 1. The molecule has 19 heavy (non-hydrogen) atoms. The minimum absolute atomic E-state index is 0.0731. The summed E-state index contributed by atoms with van der Waals surface area (Å²) in [6.45, 7) is 8.16. The number of hydrogen-bond donors (Lipinski definition) is 2. The minimum Gasteiger partial charge on any atom is -0.396 e. The molecule has 1 aromatic heterocycles. The molecule has 0 aliphatic rings. The number of hydrogen-bond acceptors (Lipinski definition) is 4. The molecule has 1 aromatic rings. The van der Waals surface area contributed by atoms with Crippen LogP contribution in [0.15, 0.2) is 6.20 Å². The Hall–Kier alpha value is -1.49. The van der Waals surface area contributed by atoms with Gasteiger partial charge in [-0.1, -0.05) is 13.8 Å². The highest BCUT2D eigenvalue weighted by molar-refractivity contribution is 5.94. The molecule has 1 heterocycles. The van der Waals surface area contributed by atoms with Gasteiger partial charge in [0.05, 0.1) is 17.9 Å². The van der Waals surface area contributed by atoms with E-state index in [-0.39, 0.29) is 17.9 Å². The van der Waals surface area contributed by atoms with Crippen LogP contribution < -0.4 is 5.32 Å². The highest BCUT2D eigenvalue weighted by Gasteiger charge is 2.26. The van der Waals surface area contributed by atoms with Crippen molar-refractivity contribution in [3.63, 3.8) is 0 Å². The van der Waals surface area contributed by atoms with E-state index in [1.165, 1.54) is 0 Å². The van der Waals surface area contributed by atoms with E-state index >= 15 is 0 Å². The van der Waals surface area contributed by atoms with E-state index in [1.54, 1.807) is 20.0 Å². The second kappa shape index (κ2) is 6.61. The molecule has 0 aromatic carbocycles. The van der Waals surface area contributed by atoms with Crippen molar-refractivity contribution < 1.29 is 9.90 Å². The first kappa shape index (κ1) is 15.6. The molecule has 1 amide bonds. The van der Waals surface area contributed by atoms with Gasteiger partial charge in [0, 0.05) is 18.2 Å². The number of aromatic nitrogens is 2. The molecular formula is C14H23N3O2. The van der Waals surface area contributed by atoms with Gasteiger partial charge in [0.1, 0.15) is 5.82 Å². The van der Waals surface area contributed by atoms with Crippen LogP contribution in [0.1, 0.15) is 48.6 Å². The fourth-order valence-corrected chi connectivity index (χ4v) is 1.95. The highest BCUT2D eigenvalue weighted by atomic mass is 16.3. The summed E-state index contributed by atoms with van der Waals surface area (Å²) in [4.78, 5) is 20.3. The van der Waals surface area contributed by atoms with Gasteiger partial charge in [-0.2, -0.15) is 0 Å². The number of aryl methyl sites for hydroxylation is 2. The molecule has 0 saturated carbocycles. The summed E-state index contributed by atoms with van der Waals surface area (Å²) < 4.78 is 0. The average molecular weight is 265 g/mol. The molecule has 0 atom stereocenters. The normalized spacial score (nSPS) is 11.4. The molecule has 0 bridgehead atoms. The molecule has 1 rings (SSSR count). The first-order valence-electron chi connectivity index (χ1n) is 6.67. The lowest BCUT2D eigenvalue weighted by Gasteiger charge is -2.29. The minimum atomic E-state index is -0.241. The van der Waals surface area contributed by atoms with E-state index in [0.717, 1.165) is 12.8 Å². The second-order valence-electron chi connectivity index (χ2n) is 4.96. The van der Waals surface area contributed by atoms with Gasteiger partial charge in [-0.05, 0) is 26.7 Å². The monoisotopic (exact) mass is 265 g/mol. The number of amides is 1. The maximum absolute atomic E-state index is 12.1. The molecular weight excluding hydrogens is 242 g/mol. The summed E-state index contributed by atoms with van der Waals surface area (Å²) in [7, 11) is 0. The van der Waals surface area contributed by atoms with Gasteiger partial charge in [-0.3, -0.25) is 4.79 Å². The van der Waals surface area contributed by atoms with Crippen molar-refractivity contribution in [1.29, 1.82) is 0 Å². The van der Waals surface area contributed by atoms with Crippen molar-refractivity contribution in [2.24, 2.45) is 5.41 Å². The number of nitrogens with zero attached hydrogens (tertiary/aromatic N) is 2. The Morgan fingerprint density at radius 3 is 2.47 bits per heavy atom. The molecule has 0 unspecified atom stereocenters. The van der Waals surface area contributed by atoms with Gasteiger partial charge in [-0.15, -0.1) is 0 Å². The molecule has 106 valence electrons. The Bertz CT molecular complexity index is 434. The quantitative estimate of drug-likeness (QED) is 0.819. The Morgan fingerprint density at radius 1 is 1.37 bits per heavy atom. The van der Waals surface area contributed by atoms with Gasteiger partial charge in [0.2, 0.25) is 0 Å². The van der Waals surface area contributed by atoms with Gasteiger partial charge >= 0.3 is 0 Å². The van der Waals surface area contributed by atoms with Crippen molar-refractivity contribution in [3.8, 4) is 0 Å². The van der Waals surface area contributed by atoms with Crippen LogP contribution in [0, 0.1) is 19.3 Å². The zero-order chi connectivity index (χ0) is 14.5. The third-order valence-corrected chi connectivity index (χ3v) is 3.80. The zero-order valence-corrected chi connectivity index (χ0v) is 12.2. The van der Waals surface area contributed by atoms with E-state index < -0.39 is 0 Å². The standard InChI is InChI=1S/C14H23N3O2/c1-5-14(6-2,9-18)8-16-13(19)12-7-15-11(4)17-10(12)3/h7,18H,5-6,8-9H2,1-4H3,(H,16,19). The summed E-state index contributed by atoms with van der Waals surface area (Å²) in [5.41, 5.74) is 0.923. The SMILES string of the molecule is CCC(CC)(CO)CNC(=O)c1cnc(C)nc1C. The number of nitrogens with one attached hydrogen (secondary N) is 1. The number of aliphatic hydroxyl groups excluding tert-OH is 1. The topological polar surface area (TPSA) is 75.1 Å². The first-order valence-corrected chi connectivity index (χ1v) is 6.67. The largest absolute Gasteiger partial charge is 0.396 e. The van der Waals surface area contributed by atoms with E-state index in [2.05, 4.69) is 15.3 Å². The predicted octanol–water partition coefficient (Wildman–Crippen LogP) is 1.62. The van der Waals surface area contributed by atoms with Crippen LogP contribution in [-0.4, -0.2) is 34.1 Å². The van der Waals surface area contributed by atoms with Crippen LogP contribution in [0.3, 0.4) is 0 Å². The van der Waals surface area contributed by atoms with Crippen LogP contribution >= 0.6 is 0 Å². The lowest BCUT2D eigenvalue weighted by atomic mass is 9.83. The molecule has 0 saturated heterocycles. The molecule has 0 radical (unpaired) electrons. The number of carbonyl (C=O) groups is 1. The van der Waals surface area contributed by atoms with Crippen molar-refractivity contribution in [2.45, 2.75) is 40.5 Å². The van der Waals surface area contributed by atoms with Crippen LogP contribution in [0.5, 0.6) is 0 Å². The summed E-state index contributed by atoms with van der Waals surface area (Å²) in [5, 5.41) is 12.3. The fourth-order valence-electron chi connectivity index (χ4n) is 1.95. The summed E-state index contributed by atoms with van der Waals surface area (Å²) in [6, 6.07) is 0. The van der Waals surface area contributed by atoms with Gasteiger partial charge in [0.25, 0.3) is 5.91 Å². The number of rotatable bonds is 6. The van der Waals surface area contributed by atoms with Gasteiger partial charge in [0.15, 0.2) is 0 Å². The lowest BCUT2D eigenvalue weighted by molar-refractivity contribution is 0.0850. The maximum atomic E-state index is 12.1. The van der Waals surface area contributed by atoms with Crippen molar-refractivity contribution in [3.05, 3.63) is 23.3 Å². The Morgan fingerprint density at radius 2 is 2.00 bits per heavy atom. The summed E-state index contributed by atoms with van der Waals surface area (Å²) in [6.07, 6.45) is 3.19. The Labute approximate surface area is 114 Å². The van der Waals surface area contributed by atoms with Crippen molar-refractivity contribution in [2.75, 3.05) is 13.2 Å². The molecule has 5 heteroatoms. The van der Waals surface area contributed by atoms with Crippen molar-refractivity contribution in [1.82, 2.24) is 15.3 Å². The van der Waals surface area contributed by atoms with Crippen LogP contribution in [0.25, 0.3) is 0 Å². The Balaban J connectivity index is 2.75. The van der Waals surface area contributed by atoms with Gasteiger partial charge in [-0.25, -0.2) is 9.97 Å². The van der Waals surface area contributed by atoms with Crippen molar-refractivity contribution >= 4 is 5.91 Å². The van der Waals surface area contributed by atoms with E-state index in [1.807, 2.05) is 13.8 Å². The predicted molar refractivity (Wildman–Crippen MR) is 73.9 cm³/mol. The third kappa shape index (κ3) is 3.73. The van der Waals surface area contributed by atoms with E-state index in [4.69, 9.17) is 0 Å². The molecule has 5 nitrogen and oxygen atoms in total. The van der Waals surface area contributed by atoms with E-state index in [0.29, 0.717) is 23.6 Å². The molecule has 2 N–H and O–H groups in total. The lowest BCUT2D eigenvalue weighted by Crippen LogP contribution is -2.39.